The highest BCUT2D eigenvalue weighted by Gasteiger charge is 2.30. The monoisotopic (exact) mass is 447 g/mol. The molecule has 1 aliphatic carbocycles. The van der Waals surface area contributed by atoms with E-state index in [2.05, 4.69) is 47.0 Å². The predicted octanol–water partition coefficient (Wildman–Crippen LogP) is 3.58. The molecule has 1 heterocycles. The van der Waals surface area contributed by atoms with Gasteiger partial charge in [-0.1, -0.05) is 30.2 Å². The van der Waals surface area contributed by atoms with Gasteiger partial charge in [-0.15, -0.1) is 0 Å². The van der Waals surface area contributed by atoms with Crippen LogP contribution in [-0.2, 0) is 4.79 Å². The molecule has 0 radical (unpaired) electrons. The lowest BCUT2D eigenvalue weighted by Gasteiger charge is -2.39. The quantitative estimate of drug-likeness (QED) is 0.307. The normalized spacial score (nSPS) is 22.6. The zero-order valence-corrected chi connectivity index (χ0v) is 19.8. The first kappa shape index (κ1) is 23.9. The molecule has 1 aromatic carbocycles. The Morgan fingerprint density at radius 1 is 1.16 bits per heavy atom. The van der Waals surface area contributed by atoms with Gasteiger partial charge in [-0.2, -0.15) is 0 Å². The zero-order valence-electron chi connectivity index (χ0n) is 19.0. The van der Waals surface area contributed by atoms with Crippen molar-refractivity contribution >= 4 is 23.5 Å². The van der Waals surface area contributed by atoms with E-state index in [1.807, 2.05) is 12.1 Å². The van der Waals surface area contributed by atoms with Gasteiger partial charge in [0.25, 0.3) is 0 Å². The van der Waals surface area contributed by atoms with Crippen molar-refractivity contribution in [3.8, 4) is 0 Å². The summed E-state index contributed by atoms with van der Waals surface area (Å²) in [5.41, 5.74) is 1.27. The number of halogens is 1. The molecule has 7 heteroatoms. The maximum absolute atomic E-state index is 11.9. The molecule has 3 N–H and O–H groups in total. The summed E-state index contributed by atoms with van der Waals surface area (Å²) < 4.78 is 0. The van der Waals surface area contributed by atoms with Crippen LogP contribution in [0.5, 0.6) is 0 Å². The van der Waals surface area contributed by atoms with E-state index >= 15 is 0 Å². The van der Waals surface area contributed by atoms with Crippen molar-refractivity contribution in [3.05, 3.63) is 34.9 Å². The van der Waals surface area contributed by atoms with Crippen molar-refractivity contribution in [2.24, 2.45) is 16.8 Å². The van der Waals surface area contributed by atoms with Crippen molar-refractivity contribution in [2.75, 3.05) is 39.8 Å². The molecule has 1 aromatic rings. The van der Waals surface area contributed by atoms with Gasteiger partial charge in [-0.05, 0) is 76.2 Å². The number of hydrogen-bond acceptors (Lipinski definition) is 3. The smallest absolute Gasteiger partial charge is 0.223 e. The van der Waals surface area contributed by atoms with Crippen LogP contribution in [0.25, 0.3) is 0 Å². The Balaban J connectivity index is 1.50. The average molecular weight is 448 g/mol. The van der Waals surface area contributed by atoms with Gasteiger partial charge in [0.05, 0.1) is 0 Å². The third-order valence-corrected chi connectivity index (χ3v) is 6.68. The molecule has 1 saturated carbocycles. The summed E-state index contributed by atoms with van der Waals surface area (Å²) in [7, 11) is 2.20. The maximum Gasteiger partial charge on any atom is 0.223 e. The van der Waals surface area contributed by atoms with Gasteiger partial charge >= 0.3 is 0 Å². The highest BCUT2D eigenvalue weighted by Crippen LogP contribution is 2.36. The van der Waals surface area contributed by atoms with Crippen LogP contribution in [0, 0.1) is 11.8 Å². The number of carbonyl (C=O) groups excluding carboxylic acids is 1. The number of likely N-dealkylation sites (tertiary alicyclic amines) is 1. The standard InChI is InChI=1S/C24H38ClN5O/c1-3-26-24(28-14-7-13-27-23(31)18-8-4-9-18)29-17-20-11-6-15-30(2)22(20)19-10-5-12-21(25)16-19/h5,10,12,16,18,20,22H,3-4,6-9,11,13-15,17H2,1-2H3,(H,27,31)(H2,26,28,29). The van der Waals surface area contributed by atoms with E-state index in [1.165, 1.54) is 18.4 Å². The molecule has 6 nitrogen and oxygen atoms in total. The molecule has 31 heavy (non-hydrogen) atoms. The van der Waals surface area contributed by atoms with Crippen molar-refractivity contribution in [1.82, 2.24) is 20.9 Å². The van der Waals surface area contributed by atoms with E-state index in [0.29, 0.717) is 18.5 Å². The summed E-state index contributed by atoms with van der Waals surface area (Å²) in [6.45, 7) is 6.29. The average Bonchev–Trinajstić information content (AvgIpc) is 2.70. The molecule has 2 aliphatic rings. The Morgan fingerprint density at radius 2 is 1.97 bits per heavy atom. The van der Waals surface area contributed by atoms with Gasteiger partial charge in [0.15, 0.2) is 5.96 Å². The highest BCUT2D eigenvalue weighted by molar-refractivity contribution is 6.30. The third kappa shape index (κ3) is 7.11. The zero-order chi connectivity index (χ0) is 22.1. The fraction of sp³-hybridized carbons (Fsp3) is 0.667. The Morgan fingerprint density at radius 3 is 2.68 bits per heavy atom. The SMILES string of the molecule is CCNC(=NCC1CCCN(C)C1c1cccc(Cl)c1)NCCCNC(=O)C1CCC1. The molecule has 1 saturated heterocycles. The number of amides is 1. The number of benzene rings is 1. The largest absolute Gasteiger partial charge is 0.357 e. The minimum Gasteiger partial charge on any atom is -0.357 e. The minimum absolute atomic E-state index is 0.222. The number of aliphatic imine (C=N–C) groups is 1. The van der Waals surface area contributed by atoms with Crippen LogP contribution >= 0.6 is 11.6 Å². The van der Waals surface area contributed by atoms with Crippen molar-refractivity contribution in [3.63, 3.8) is 0 Å². The number of guanidine groups is 1. The molecule has 1 aliphatic heterocycles. The van der Waals surface area contributed by atoms with Crippen molar-refractivity contribution in [2.45, 2.75) is 51.5 Å². The van der Waals surface area contributed by atoms with Gasteiger partial charge in [0.1, 0.15) is 0 Å². The first-order chi connectivity index (χ1) is 15.1. The van der Waals surface area contributed by atoms with Gasteiger partial charge in [0, 0.05) is 43.2 Å². The number of nitrogens with one attached hydrogen (secondary N) is 3. The van der Waals surface area contributed by atoms with Crippen LogP contribution in [0.2, 0.25) is 5.02 Å². The summed E-state index contributed by atoms with van der Waals surface area (Å²) in [5, 5.41) is 10.6. The lowest BCUT2D eigenvalue weighted by Crippen LogP contribution is -2.41. The molecule has 3 rings (SSSR count). The minimum atomic E-state index is 0.222. The Bertz CT molecular complexity index is 736. The van der Waals surface area contributed by atoms with Crippen LogP contribution in [0.15, 0.2) is 29.3 Å². The van der Waals surface area contributed by atoms with Crippen LogP contribution in [-0.4, -0.2) is 56.5 Å². The number of nitrogens with zero attached hydrogens (tertiary/aromatic N) is 2. The summed E-state index contributed by atoms with van der Waals surface area (Å²) >= 11 is 6.27. The summed E-state index contributed by atoms with van der Waals surface area (Å²) in [6.07, 6.45) is 6.54. The van der Waals surface area contributed by atoms with Crippen LogP contribution in [0.1, 0.15) is 57.1 Å². The Labute approximate surface area is 192 Å². The van der Waals surface area contributed by atoms with Crippen LogP contribution in [0.3, 0.4) is 0 Å². The van der Waals surface area contributed by atoms with Crippen molar-refractivity contribution < 1.29 is 4.79 Å². The number of carbonyl (C=O) groups is 1. The molecule has 172 valence electrons. The van der Waals surface area contributed by atoms with E-state index in [0.717, 1.165) is 62.8 Å². The lowest BCUT2D eigenvalue weighted by molar-refractivity contribution is -0.127. The number of piperidine rings is 1. The summed E-state index contributed by atoms with van der Waals surface area (Å²) in [5.74, 6) is 1.79. The second-order valence-electron chi connectivity index (χ2n) is 8.80. The predicted molar refractivity (Wildman–Crippen MR) is 128 cm³/mol. The molecule has 1 amide bonds. The third-order valence-electron chi connectivity index (χ3n) is 6.45. The fourth-order valence-corrected chi connectivity index (χ4v) is 4.74. The van der Waals surface area contributed by atoms with E-state index in [4.69, 9.17) is 16.6 Å². The first-order valence-corrected chi connectivity index (χ1v) is 12.2. The molecule has 2 fully saturated rings. The second-order valence-corrected chi connectivity index (χ2v) is 9.24. The second kappa shape index (κ2) is 12.3. The molecule has 0 aromatic heterocycles. The molecule has 0 spiro atoms. The molecular weight excluding hydrogens is 410 g/mol. The molecule has 2 unspecified atom stereocenters. The Kier molecular flexibility index (Phi) is 9.47. The topological polar surface area (TPSA) is 68.8 Å². The highest BCUT2D eigenvalue weighted by atomic mass is 35.5. The van der Waals surface area contributed by atoms with Gasteiger partial charge in [0.2, 0.25) is 5.91 Å². The van der Waals surface area contributed by atoms with Gasteiger partial charge in [-0.25, -0.2) is 0 Å². The van der Waals surface area contributed by atoms with E-state index in [9.17, 15) is 4.79 Å². The van der Waals surface area contributed by atoms with E-state index < -0.39 is 0 Å². The molecule has 2 atom stereocenters. The van der Waals surface area contributed by atoms with E-state index in [1.54, 1.807) is 0 Å². The van der Waals surface area contributed by atoms with Crippen molar-refractivity contribution in [1.29, 1.82) is 0 Å². The first-order valence-electron chi connectivity index (χ1n) is 11.8. The van der Waals surface area contributed by atoms with E-state index in [-0.39, 0.29) is 11.8 Å². The lowest BCUT2D eigenvalue weighted by atomic mass is 9.85. The van der Waals surface area contributed by atoms with Gasteiger partial charge < -0.3 is 16.0 Å². The number of rotatable bonds is 9. The fourth-order valence-electron chi connectivity index (χ4n) is 4.54. The summed E-state index contributed by atoms with van der Waals surface area (Å²) in [4.78, 5) is 19.2. The van der Waals surface area contributed by atoms with Gasteiger partial charge in [-0.3, -0.25) is 14.7 Å². The number of hydrogen-bond donors (Lipinski definition) is 3. The maximum atomic E-state index is 11.9. The Hall–Kier alpha value is -1.79. The van der Waals surface area contributed by atoms with Crippen LogP contribution in [0.4, 0.5) is 0 Å². The molecule has 0 bridgehead atoms. The molecular formula is C24H38ClN5O. The van der Waals surface area contributed by atoms with Crippen LogP contribution < -0.4 is 16.0 Å². The summed E-state index contributed by atoms with van der Waals surface area (Å²) in [6, 6.07) is 8.57.